The average Bonchev–Trinajstić information content (AvgIpc) is 2.49. The highest BCUT2D eigenvalue weighted by Gasteiger charge is 2.15. The van der Waals surface area contributed by atoms with E-state index >= 15 is 0 Å². The lowest BCUT2D eigenvalue weighted by atomic mass is 10.2. The summed E-state index contributed by atoms with van der Waals surface area (Å²) in [7, 11) is -3.82. The number of nitrogens with two attached hydrogens (primary N) is 1. The zero-order valence-electron chi connectivity index (χ0n) is 12.5. The molecule has 2 aromatic rings. The fourth-order valence-electron chi connectivity index (χ4n) is 1.86. The van der Waals surface area contributed by atoms with Gasteiger partial charge in [0.2, 0.25) is 10.0 Å². The molecule has 0 aliphatic rings. The molecular formula is C15H14ClN3O4S. The first-order chi connectivity index (χ1) is 11.2. The van der Waals surface area contributed by atoms with Crippen molar-refractivity contribution in [3.05, 3.63) is 53.1 Å². The fraction of sp³-hybridized carbons (Fsp3) is 0.0667. The summed E-state index contributed by atoms with van der Waals surface area (Å²) in [4.78, 5) is 23.7. The zero-order chi connectivity index (χ0) is 17.9. The number of carbonyl (C=O) groups is 2. The van der Waals surface area contributed by atoms with Crippen molar-refractivity contribution in [1.29, 1.82) is 0 Å². The van der Waals surface area contributed by atoms with Crippen LogP contribution in [0.25, 0.3) is 0 Å². The van der Waals surface area contributed by atoms with Gasteiger partial charge < -0.3 is 10.6 Å². The highest BCUT2D eigenvalue weighted by Crippen LogP contribution is 2.19. The summed E-state index contributed by atoms with van der Waals surface area (Å²) in [6.07, 6.45) is 0. The van der Waals surface area contributed by atoms with Crippen molar-refractivity contribution in [2.75, 3.05) is 10.6 Å². The van der Waals surface area contributed by atoms with E-state index in [1.165, 1.54) is 24.3 Å². The van der Waals surface area contributed by atoms with Crippen molar-refractivity contribution in [3.8, 4) is 0 Å². The number of aryl methyl sites for hydroxylation is 1. The summed E-state index contributed by atoms with van der Waals surface area (Å²) < 4.78 is 22.3. The Morgan fingerprint density at radius 1 is 1.00 bits per heavy atom. The first-order valence-corrected chi connectivity index (χ1v) is 8.60. The summed E-state index contributed by atoms with van der Waals surface area (Å²) in [5.74, 6) is -1.76. The predicted octanol–water partition coefficient (Wildman–Crippen LogP) is 1.87. The van der Waals surface area contributed by atoms with E-state index in [1.807, 2.05) is 0 Å². The number of rotatable bonds is 3. The third kappa shape index (κ3) is 4.54. The molecule has 126 valence electrons. The van der Waals surface area contributed by atoms with Crippen LogP contribution in [0.3, 0.4) is 0 Å². The molecule has 0 spiro atoms. The summed E-state index contributed by atoms with van der Waals surface area (Å²) in [6.45, 7) is 1.74. The van der Waals surface area contributed by atoms with E-state index in [9.17, 15) is 18.0 Å². The second-order valence-electron chi connectivity index (χ2n) is 4.94. The predicted molar refractivity (Wildman–Crippen MR) is 91.3 cm³/mol. The third-order valence-electron chi connectivity index (χ3n) is 3.08. The molecule has 0 aromatic heterocycles. The maximum atomic E-state index is 11.9. The van der Waals surface area contributed by atoms with Gasteiger partial charge in [0.25, 0.3) is 0 Å². The van der Waals surface area contributed by atoms with Crippen LogP contribution >= 0.6 is 11.6 Å². The first-order valence-electron chi connectivity index (χ1n) is 6.68. The van der Waals surface area contributed by atoms with Crippen LogP contribution in [0.4, 0.5) is 11.4 Å². The van der Waals surface area contributed by atoms with Gasteiger partial charge in [-0.25, -0.2) is 13.6 Å². The zero-order valence-corrected chi connectivity index (χ0v) is 14.1. The number of carbonyl (C=O) groups excluding carboxylic acids is 2. The monoisotopic (exact) mass is 367 g/mol. The van der Waals surface area contributed by atoms with Crippen LogP contribution in [0.1, 0.15) is 5.56 Å². The van der Waals surface area contributed by atoms with E-state index in [1.54, 1.807) is 25.1 Å². The molecule has 0 unspecified atom stereocenters. The van der Waals surface area contributed by atoms with Crippen molar-refractivity contribution in [2.45, 2.75) is 11.8 Å². The standard InChI is InChI=1S/C15H14ClN3O4S/c1-9-8-10(16)2-7-13(9)19-15(21)14(20)18-11-3-5-12(6-4-11)24(17,22)23/h2-8H,1H3,(H,18,20)(H,19,21)(H2,17,22,23). The molecule has 9 heteroatoms. The molecule has 2 rings (SSSR count). The maximum absolute atomic E-state index is 11.9. The Morgan fingerprint density at radius 3 is 2.12 bits per heavy atom. The Kier molecular flexibility index (Phi) is 5.23. The average molecular weight is 368 g/mol. The summed E-state index contributed by atoms with van der Waals surface area (Å²) in [5, 5.41) is 10.3. The van der Waals surface area contributed by atoms with Gasteiger partial charge in [0, 0.05) is 16.4 Å². The molecule has 2 aromatic carbocycles. The van der Waals surface area contributed by atoms with Crippen molar-refractivity contribution < 1.29 is 18.0 Å². The quantitative estimate of drug-likeness (QED) is 0.717. The number of primary sulfonamides is 1. The van der Waals surface area contributed by atoms with Gasteiger partial charge in [0.05, 0.1) is 4.90 Å². The number of halogens is 1. The van der Waals surface area contributed by atoms with Crippen molar-refractivity contribution in [1.82, 2.24) is 0 Å². The molecule has 7 nitrogen and oxygen atoms in total. The van der Waals surface area contributed by atoms with Crippen LogP contribution in [-0.2, 0) is 19.6 Å². The van der Waals surface area contributed by atoms with Gasteiger partial charge in [0.15, 0.2) is 0 Å². The minimum Gasteiger partial charge on any atom is -0.318 e. The van der Waals surface area contributed by atoms with E-state index in [4.69, 9.17) is 16.7 Å². The molecular weight excluding hydrogens is 354 g/mol. The van der Waals surface area contributed by atoms with E-state index in [-0.39, 0.29) is 10.6 Å². The highest BCUT2D eigenvalue weighted by atomic mass is 35.5. The van der Waals surface area contributed by atoms with Crippen molar-refractivity contribution in [3.63, 3.8) is 0 Å². The lowest BCUT2D eigenvalue weighted by Gasteiger charge is -2.09. The summed E-state index contributed by atoms with van der Waals surface area (Å²) in [6, 6.07) is 9.95. The Morgan fingerprint density at radius 2 is 1.58 bits per heavy atom. The number of benzene rings is 2. The normalized spacial score (nSPS) is 11.0. The van der Waals surface area contributed by atoms with E-state index in [0.717, 1.165) is 0 Å². The van der Waals surface area contributed by atoms with Crippen LogP contribution in [0.5, 0.6) is 0 Å². The van der Waals surface area contributed by atoms with Crippen LogP contribution in [-0.4, -0.2) is 20.2 Å². The van der Waals surface area contributed by atoms with E-state index in [0.29, 0.717) is 16.3 Å². The first kappa shape index (κ1) is 17.9. The van der Waals surface area contributed by atoms with Crippen LogP contribution in [0, 0.1) is 6.92 Å². The molecule has 0 saturated heterocycles. The maximum Gasteiger partial charge on any atom is 0.314 e. The molecule has 4 N–H and O–H groups in total. The van der Waals surface area contributed by atoms with Gasteiger partial charge in [-0.3, -0.25) is 9.59 Å². The molecule has 0 fully saturated rings. The highest BCUT2D eigenvalue weighted by molar-refractivity contribution is 7.89. The topological polar surface area (TPSA) is 118 Å². The number of anilines is 2. The second-order valence-corrected chi connectivity index (χ2v) is 6.93. The Balaban J connectivity index is 2.05. The molecule has 0 heterocycles. The molecule has 0 aliphatic carbocycles. The van der Waals surface area contributed by atoms with Gasteiger partial charge in [-0.05, 0) is 55.0 Å². The van der Waals surface area contributed by atoms with Crippen molar-refractivity contribution >= 4 is 44.8 Å². The van der Waals surface area contributed by atoms with Crippen LogP contribution in [0.2, 0.25) is 5.02 Å². The molecule has 0 atom stereocenters. The van der Waals surface area contributed by atoms with E-state index < -0.39 is 21.8 Å². The number of amides is 2. The summed E-state index contributed by atoms with van der Waals surface area (Å²) in [5.41, 5.74) is 1.43. The molecule has 24 heavy (non-hydrogen) atoms. The minimum absolute atomic E-state index is 0.0956. The molecule has 0 saturated carbocycles. The molecule has 0 bridgehead atoms. The lowest BCUT2D eigenvalue weighted by molar-refractivity contribution is -0.133. The summed E-state index contributed by atoms with van der Waals surface area (Å²) >= 11 is 5.82. The van der Waals surface area contributed by atoms with Gasteiger partial charge in [-0.15, -0.1) is 0 Å². The number of nitrogens with one attached hydrogen (secondary N) is 2. The van der Waals surface area contributed by atoms with Gasteiger partial charge in [-0.1, -0.05) is 11.6 Å². The minimum atomic E-state index is -3.82. The largest absolute Gasteiger partial charge is 0.318 e. The SMILES string of the molecule is Cc1cc(Cl)ccc1NC(=O)C(=O)Nc1ccc(S(N)(=O)=O)cc1. The third-order valence-corrected chi connectivity index (χ3v) is 4.25. The van der Waals surface area contributed by atoms with Crippen LogP contribution < -0.4 is 15.8 Å². The van der Waals surface area contributed by atoms with Crippen LogP contribution in [0.15, 0.2) is 47.4 Å². The van der Waals surface area contributed by atoms with E-state index in [2.05, 4.69) is 10.6 Å². The van der Waals surface area contributed by atoms with Gasteiger partial charge in [-0.2, -0.15) is 0 Å². The fourth-order valence-corrected chi connectivity index (χ4v) is 2.60. The number of hydrogen-bond acceptors (Lipinski definition) is 4. The lowest BCUT2D eigenvalue weighted by Crippen LogP contribution is -2.29. The Hall–Kier alpha value is -2.42. The smallest absolute Gasteiger partial charge is 0.314 e. The number of sulfonamides is 1. The second kappa shape index (κ2) is 7.00. The van der Waals surface area contributed by atoms with Gasteiger partial charge >= 0.3 is 11.8 Å². The molecule has 2 amide bonds. The molecule has 0 aliphatic heterocycles. The number of hydrogen-bond donors (Lipinski definition) is 3. The van der Waals surface area contributed by atoms with Gasteiger partial charge in [0.1, 0.15) is 0 Å². The Labute approximate surface area is 143 Å². The van der Waals surface area contributed by atoms with Crippen molar-refractivity contribution in [2.24, 2.45) is 5.14 Å². The molecule has 0 radical (unpaired) electrons. The Bertz CT molecular complexity index is 895.